The first-order chi connectivity index (χ1) is 15.4. The van der Waals surface area contributed by atoms with Crippen LogP contribution in [0.25, 0.3) is 22.8 Å². The number of aromatic nitrogens is 3. The Labute approximate surface area is 187 Å². The van der Waals surface area contributed by atoms with E-state index in [9.17, 15) is 14.9 Å². The average molecular weight is 450 g/mol. The highest BCUT2D eigenvalue weighted by Gasteiger charge is 2.09. The molecule has 0 spiro atoms. The van der Waals surface area contributed by atoms with Crippen LogP contribution in [0.2, 0.25) is 5.02 Å². The van der Waals surface area contributed by atoms with Gasteiger partial charge in [-0.25, -0.2) is 0 Å². The number of anilines is 1. The lowest BCUT2D eigenvalue weighted by atomic mass is 10.2. The standard InChI is InChI=1S/C22H16ClN5O4/c1-32-21-9-7-16(13-18(21)23)27-25-19-8-6-15(12-20(19)26-27)24-22(29)10-5-14-3-2-4-17(11-14)28(30)31/h2-13H,1H3,(H,24,29)/b10-5+. The highest BCUT2D eigenvalue weighted by atomic mass is 35.5. The maximum atomic E-state index is 12.3. The maximum absolute atomic E-state index is 12.3. The molecule has 1 amide bonds. The predicted octanol–water partition coefficient (Wildman–Crippen LogP) is 4.64. The summed E-state index contributed by atoms with van der Waals surface area (Å²) in [5, 5.41) is 22.9. The molecule has 1 N–H and O–H groups in total. The molecule has 0 saturated carbocycles. The topological polar surface area (TPSA) is 112 Å². The molecule has 0 bridgehead atoms. The van der Waals surface area contributed by atoms with E-state index in [1.54, 1.807) is 48.5 Å². The number of hydrogen-bond donors (Lipinski definition) is 1. The molecular formula is C22H16ClN5O4. The van der Waals surface area contributed by atoms with Crippen LogP contribution in [-0.4, -0.2) is 32.9 Å². The van der Waals surface area contributed by atoms with Crippen LogP contribution in [0.3, 0.4) is 0 Å². The van der Waals surface area contributed by atoms with Crippen LogP contribution < -0.4 is 10.1 Å². The Morgan fingerprint density at radius 3 is 2.69 bits per heavy atom. The number of methoxy groups -OCH3 is 1. The molecule has 0 aliphatic heterocycles. The second-order valence-electron chi connectivity index (χ2n) is 6.69. The van der Waals surface area contributed by atoms with Crippen LogP contribution in [0.4, 0.5) is 11.4 Å². The number of nitrogens with zero attached hydrogens (tertiary/aromatic N) is 4. The minimum atomic E-state index is -0.486. The zero-order valence-corrected chi connectivity index (χ0v) is 17.5. The number of non-ortho nitro benzene ring substituents is 1. The summed E-state index contributed by atoms with van der Waals surface area (Å²) in [7, 11) is 1.54. The quantitative estimate of drug-likeness (QED) is 0.260. The lowest BCUT2D eigenvalue weighted by Crippen LogP contribution is -2.07. The maximum Gasteiger partial charge on any atom is 0.270 e. The van der Waals surface area contributed by atoms with Gasteiger partial charge in [0.05, 0.1) is 22.7 Å². The van der Waals surface area contributed by atoms with Crippen LogP contribution in [0.1, 0.15) is 5.56 Å². The van der Waals surface area contributed by atoms with Crippen molar-refractivity contribution in [1.29, 1.82) is 0 Å². The summed E-state index contributed by atoms with van der Waals surface area (Å²) in [6.07, 6.45) is 2.81. The van der Waals surface area contributed by atoms with Crippen molar-refractivity contribution in [3.05, 3.63) is 87.4 Å². The lowest BCUT2D eigenvalue weighted by molar-refractivity contribution is -0.384. The normalized spacial score (nSPS) is 11.1. The van der Waals surface area contributed by atoms with Gasteiger partial charge < -0.3 is 10.1 Å². The van der Waals surface area contributed by atoms with Gasteiger partial charge in [0.15, 0.2) is 0 Å². The highest BCUT2D eigenvalue weighted by Crippen LogP contribution is 2.27. The third kappa shape index (κ3) is 4.57. The van der Waals surface area contributed by atoms with Crippen LogP contribution in [-0.2, 0) is 4.79 Å². The minimum absolute atomic E-state index is 0.0424. The van der Waals surface area contributed by atoms with Crippen molar-refractivity contribution in [3.63, 3.8) is 0 Å². The average Bonchev–Trinajstić information content (AvgIpc) is 3.21. The van der Waals surface area contributed by atoms with E-state index in [-0.39, 0.29) is 11.6 Å². The molecule has 9 nitrogen and oxygen atoms in total. The second kappa shape index (κ2) is 8.86. The van der Waals surface area contributed by atoms with Crippen molar-refractivity contribution >= 4 is 46.0 Å². The molecule has 4 rings (SSSR count). The molecule has 1 heterocycles. The van der Waals surface area contributed by atoms with Crippen molar-refractivity contribution in [2.75, 3.05) is 12.4 Å². The molecule has 160 valence electrons. The van der Waals surface area contributed by atoms with Gasteiger partial charge in [0.1, 0.15) is 16.8 Å². The van der Waals surface area contributed by atoms with Gasteiger partial charge in [0.2, 0.25) is 5.91 Å². The Bertz CT molecular complexity index is 1370. The molecule has 0 aliphatic rings. The molecular weight excluding hydrogens is 434 g/mol. The van der Waals surface area contributed by atoms with E-state index < -0.39 is 4.92 Å². The molecule has 0 fully saturated rings. The number of halogens is 1. The van der Waals surface area contributed by atoms with E-state index >= 15 is 0 Å². The smallest absolute Gasteiger partial charge is 0.270 e. The summed E-state index contributed by atoms with van der Waals surface area (Å²) in [6.45, 7) is 0. The molecule has 0 unspecified atom stereocenters. The van der Waals surface area contributed by atoms with Gasteiger partial charge in [-0.3, -0.25) is 14.9 Å². The Kier molecular flexibility index (Phi) is 5.82. The lowest BCUT2D eigenvalue weighted by Gasteiger charge is -2.04. The van der Waals surface area contributed by atoms with E-state index in [4.69, 9.17) is 16.3 Å². The molecule has 0 atom stereocenters. The molecule has 10 heteroatoms. The Morgan fingerprint density at radius 1 is 1.12 bits per heavy atom. The number of nitro benzene ring substituents is 1. The van der Waals surface area contributed by atoms with Gasteiger partial charge in [-0.2, -0.15) is 4.80 Å². The molecule has 1 aromatic heterocycles. The number of amides is 1. The van der Waals surface area contributed by atoms with Gasteiger partial charge >= 0.3 is 0 Å². The number of fused-ring (bicyclic) bond motifs is 1. The summed E-state index contributed by atoms with van der Waals surface area (Å²) < 4.78 is 5.15. The number of benzene rings is 3. The number of rotatable bonds is 6. The van der Waals surface area contributed by atoms with Crippen LogP contribution in [0, 0.1) is 10.1 Å². The van der Waals surface area contributed by atoms with E-state index in [0.717, 1.165) is 0 Å². The summed E-state index contributed by atoms with van der Waals surface area (Å²) in [4.78, 5) is 24.1. The number of nitro groups is 1. The number of ether oxygens (including phenoxy) is 1. The van der Waals surface area contributed by atoms with Crippen LogP contribution in [0.15, 0.2) is 66.7 Å². The summed E-state index contributed by atoms with van der Waals surface area (Å²) in [6, 6.07) is 16.4. The molecule has 0 radical (unpaired) electrons. The molecule has 3 aromatic carbocycles. The highest BCUT2D eigenvalue weighted by molar-refractivity contribution is 6.32. The zero-order valence-electron chi connectivity index (χ0n) is 16.7. The number of hydrogen-bond acceptors (Lipinski definition) is 6. The van der Waals surface area contributed by atoms with E-state index in [1.807, 2.05) is 0 Å². The van der Waals surface area contributed by atoms with Gasteiger partial charge in [0, 0.05) is 23.9 Å². The fourth-order valence-corrected chi connectivity index (χ4v) is 3.24. The fraction of sp³-hybridized carbons (Fsp3) is 0.0455. The van der Waals surface area contributed by atoms with Gasteiger partial charge in [-0.1, -0.05) is 23.7 Å². The monoisotopic (exact) mass is 449 g/mol. The molecule has 0 saturated heterocycles. The van der Waals surface area contributed by atoms with Crippen LogP contribution in [0.5, 0.6) is 5.75 Å². The van der Waals surface area contributed by atoms with Crippen molar-refractivity contribution in [2.45, 2.75) is 0 Å². The number of carbonyl (C=O) groups excluding carboxylic acids is 1. The van der Waals surface area contributed by atoms with E-state index in [2.05, 4.69) is 15.5 Å². The van der Waals surface area contributed by atoms with Gasteiger partial charge in [-0.05, 0) is 48.0 Å². The first kappa shape index (κ1) is 21.0. The summed E-state index contributed by atoms with van der Waals surface area (Å²) in [5.74, 6) is 0.167. The Hall–Kier alpha value is -4.24. The van der Waals surface area contributed by atoms with Gasteiger partial charge in [0.25, 0.3) is 5.69 Å². The summed E-state index contributed by atoms with van der Waals surface area (Å²) >= 11 is 6.18. The molecule has 4 aromatic rings. The Morgan fingerprint density at radius 2 is 1.94 bits per heavy atom. The first-order valence-corrected chi connectivity index (χ1v) is 9.75. The fourth-order valence-electron chi connectivity index (χ4n) is 2.99. The molecule has 32 heavy (non-hydrogen) atoms. The number of carbonyl (C=O) groups is 1. The third-order valence-electron chi connectivity index (χ3n) is 4.52. The minimum Gasteiger partial charge on any atom is -0.495 e. The summed E-state index contributed by atoms with van der Waals surface area (Å²) in [5.41, 5.74) is 2.92. The SMILES string of the molecule is COc1ccc(-n2nc3ccc(NC(=O)/C=C/c4cccc([N+](=O)[O-])c4)cc3n2)cc1Cl. The van der Waals surface area contributed by atoms with Crippen molar-refractivity contribution < 1.29 is 14.5 Å². The number of nitrogens with one attached hydrogen (secondary N) is 1. The third-order valence-corrected chi connectivity index (χ3v) is 4.82. The van der Waals surface area contributed by atoms with Crippen LogP contribution >= 0.6 is 11.6 Å². The zero-order chi connectivity index (χ0) is 22.7. The van der Waals surface area contributed by atoms with Crippen molar-refractivity contribution in [2.24, 2.45) is 0 Å². The predicted molar refractivity (Wildman–Crippen MR) is 121 cm³/mol. The second-order valence-corrected chi connectivity index (χ2v) is 7.09. The van der Waals surface area contributed by atoms with Gasteiger partial charge in [-0.15, -0.1) is 10.2 Å². The largest absolute Gasteiger partial charge is 0.495 e. The molecule has 0 aliphatic carbocycles. The van der Waals surface area contributed by atoms with Crippen molar-refractivity contribution in [1.82, 2.24) is 15.0 Å². The van der Waals surface area contributed by atoms with Crippen molar-refractivity contribution in [3.8, 4) is 11.4 Å². The Balaban J connectivity index is 1.50. The van der Waals surface area contributed by atoms with E-state index in [1.165, 1.54) is 36.2 Å². The van der Waals surface area contributed by atoms with E-state index in [0.29, 0.717) is 38.7 Å². The first-order valence-electron chi connectivity index (χ1n) is 9.37.